The summed E-state index contributed by atoms with van der Waals surface area (Å²) < 4.78 is 58.5. The Morgan fingerprint density at radius 3 is 2.26 bits per heavy atom. The molecule has 0 atom stereocenters. The molecule has 0 bridgehead atoms. The number of hydrogen-bond acceptors (Lipinski definition) is 6. The van der Waals surface area contributed by atoms with Crippen LogP contribution in [0.15, 0.2) is 24.3 Å². The molecule has 2 aromatic rings. The average Bonchev–Trinajstić information content (AvgIpc) is 2.60. The number of ether oxygens (including phenoxy) is 2. The van der Waals surface area contributed by atoms with Gasteiger partial charge in [0.25, 0.3) is 0 Å². The monoisotopic (exact) mass is 398 g/mol. The van der Waals surface area contributed by atoms with Crippen LogP contribution in [0.5, 0.6) is 5.75 Å². The van der Waals surface area contributed by atoms with Gasteiger partial charge in [0, 0.05) is 5.56 Å². The van der Waals surface area contributed by atoms with Crippen LogP contribution in [0.1, 0.15) is 11.1 Å². The predicted octanol–water partition coefficient (Wildman–Crippen LogP) is 3.95. The number of H-pyrrole nitrogens is 1. The first kappa shape index (κ1) is 20.2. The van der Waals surface area contributed by atoms with Crippen LogP contribution in [0.25, 0.3) is 11.1 Å². The number of nitrogens with one attached hydrogen (secondary N) is 1. The summed E-state index contributed by atoms with van der Waals surface area (Å²) in [7, 11) is 0. The van der Waals surface area contributed by atoms with Crippen LogP contribution in [-0.4, -0.2) is 24.3 Å². The minimum Gasteiger partial charge on any atom is -0.431 e. The van der Waals surface area contributed by atoms with E-state index in [9.17, 15) is 28.1 Å². The number of hydrogen-bond donors (Lipinski definition) is 2. The van der Waals surface area contributed by atoms with Crippen molar-refractivity contribution in [3.8, 4) is 29.0 Å². The molecule has 27 heavy (non-hydrogen) atoms. The summed E-state index contributed by atoms with van der Waals surface area (Å²) in [5, 5.41) is 18.6. The molecule has 0 saturated heterocycles. The molecule has 0 aliphatic rings. The minimum absolute atomic E-state index is 0.0138. The number of pyridine rings is 1. The summed E-state index contributed by atoms with van der Waals surface area (Å²) in [6.45, 7) is -4.99. The topological polar surface area (TPSA) is 108 Å². The molecule has 0 aliphatic carbocycles. The average molecular weight is 398 g/mol. The van der Waals surface area contributed by atoms with Gasteiger partial charge >= 0.3 is 12.7 Å². The zero-order valence-corrected chi connectivity index (χ0v) is 14.1. The van der Waals surface area contributed by atoms with Crippen LogP contribution in [0.2, 0.25) is 0 Å². The standard InChI is InChI=1S/C16H10F4N4O2S/c17-15(18)25-7-16(19,20)26-9-3-1-8(2-4-9)12-10(5-21)13(23)24-14(27)11(12)6-22/h1-4,15H,7H2,(H3,23,24,27). The molecule has 1 aromatic heterocycles. The van der Waals surface area contributed by atoms with Gasteiger partial charge in [-0.2, -0.15) is 28.1 Å². The Balaban J connectivity index is 2.38. The largest absolute Gasteiger partial charge is 0.431 e. The number of aromatic nitrogens is 1. The summed E-state index contributed by atoms with van der Waals surface area (Å²) >= 11 is 5.01. The molecule has 0 amide bonds. The Morgan fingerprint density at radius 1 is 1.15 bits per heavy atom. The van der Waals surface area contributed by atoms with Crippen molar-refractivity contribution < 1.29 is 27.0 Å². The molecule has 1 heterocycles. The fourth-order valence-electron chi connectivity index (χ4n) is 2.18. The van der Waals surface area contributed by atoms with Gasteiger partial charge in [0.2, 0.25) is 0 Å². The molecule has 6 nitrogen and oxygen atoms in total. The Labute approximate surface area is 155 Å². The number of nitrogen functional groups attached to an aromatic ring is 1. The molecule has 140 valence electrons. The zero-order valence-electron chi connectivity index (χ0n) is 13.3. The molecule has 11 heteroatoms. The highest BCUT2D eigenvalue weighted by molar-refractivity contribution is 7.71. The van der Waals surface area contributed by atoms with Crippen molar-refractivity contribution in [3.63, 3.8) is 0 Å². The van der Waals surface area contributed by atoms with E-state index in [0.29, 0.717) is 5.56 Å². The number of benzene rings is 1. The van der Waals surface area contributed by atoms with Gasteiger partial charge in [0.1, 0.15) is 33.9 Å². The molecule has 2 rings (SSSR count). The summed E-state index contributed by atoms with van der Waals surface area (Å²) in [6.07, 6.45) is -3.98. The van der Waals surface area contributed by atoms with Crippen LogP contribution in [-0.2, 0) is 4.74 Å². The third-order valence-electron chi connectivity index (χ3n) is 3.26. The highest BCUT2D eigenvalue weighted by Crippen LogP contribution is 2.32. The first-order chi connectivity index (χ1) is 12.7. The van der Waals surface area contributed by atoms with Crippen LogP contribution < -0.4 is 10.5 Å². The van der Waals surface area contributed by atoms with Crippen molar-refractivity contribution in [1.29, 1.82) is 10.5 Å². The van der Waals surface area contributed by atoms with E-state index in [2.05, 4.69) is 14.5 Å². The number of rotatable bonds is 6. The number of alkyl halides is 4. The first-order valence-corrected chi connectivity index (χ1v) is 7.52. The summed E-state index contributed by atoms with van der Waals surface area (Å²) in [5.74, 6) is -0.389. The third kappa shape index (κ3) is 4.73. The van der Waals surface area contributed by atoms with Crippen LogP contribution >= 0.6 is 12.2 Å². The van der Waals surface area contributed by atoms with Crippen molar-refractivity contribution in [2.45, 2.75) is 12.7 Å². The third-order valence-corrected chi connectivity index (χ3v) is 3.56. The van der Waals surface area contributed by atoms with Crippen LogP contribution in [0.3, 0.4) is 0 Å². The van der Waals surface area contributed by atoms with Gasteiger partial charge in [-0.05, 0) is 17.7 Å². The molecular weight excluding hydrogens is 388 g/mol. The molecule has 0 saturated carbocycles. The lowest BCUT2D eigenvalue weighted by Crippen LogP contribution is -2.31. The maximum absolute atomic E-state index is 13.4. The summed E-state index contributed by atoms with van der Waals surface area (Å²) in [4.78, 5) is 2.53. The molecule has 0 aliphatic heterocycles. The van der Waals surface area contributed by atoms with Crippen molar-refractivity contribution in [2.75, 3.05) is 12.3 Å². The Bertz CT molecular complexity index is 978. The second-order valence-corrected chi connectivity index (χ2v) is 5.46. The van der Waals surface area contributed by atoms with Gasteiger partial charge in [0.05, 0.1) is 5.56 Å². The zero-order chi connectivity index (χ0) is 20.2. The highest BCUT2D eigenvalue weighted by Gasteiger charge is 2.33. The van der Waals surface area contributed by atoms with Crippen molar-refractivity contribution >= 4 is 18.0 Å². The van der Waals surface area contributed by atoms with E-state index in [1.165, 1.54) is 12.1 Å². The molecule has 0 unspecified atom stereocenters. The van der Waals surface area contributed by atoms with Gasteiger partial charge in [-0.3, -0.25) is 0 Å². The van der Waals surface area contributed by atoms with Gasteiger partial charge in [-0.15, -0.1) is 0 Å². The van der Waals surface area contributed by atoms with E-state index in [4.69, 9.17) is 18.0 Å². The lowest BCUT2D eigenvalue weighted by Gasteiger charge is -2.18. The van der Waals surface area contributed by atoms with Crippen LogP contribution in [0, 0.1) is 27.3 Å². The van der Waals surface area contributed by atoms with Gasteiger partial charge < -0.3 is 20.2 Å². The fourth-order valence-corrected chi connectivity index (χ4v) is 2.44. The Morgan fingerprint density at radius 2 is 1.74 bits per heavy atom. The maximum atomic E-state index is 13.4. The normalized spacial score (nSPS) is 11.1. The second kappa shape index (κ2) is 8.03. The number of nitrogens with two attached hydrogens (primary N) is 1. The van der Waals surface area contributed by atoms with E-state index >= 15 is 0 Å². The van der Waals surface area contributed by atoms with E-state index in [1.807, 2.05) is 12.1 Å². The smallest absolute Gasteiger partial charge is 0.422 e. The van der Waals surface area contributed by atoms with Crippen molar-refractivity contribution in [2.24, 2.45) is 0 Å². The lowest BCUT2D eigenvalue weighted by molar-refractivity contribution is -0.251. The van der Waals surface area contributed by atoms with E-state index in [-0.39, 0.29) is 32.9 Å². The second-order valence-electron chi connectivity index (χ2n) is 5.05. The van der Waals surface area contributed by atoms with E-state index in [0.717, 1.165) is 12.1 Å². The molecule has 1 aromatic carbocycles. The van der Waals surface area contributed by atoms with Crippen molar-refractivity contribution in [1.82, 2.24) is 4.98 Å². The van der Waals surface area contributed by atoms with Crippen molar-refractivity contribution in [3.05, 3.63) is 40.0 Å². The quantitative estimate of drug-likeness (QED) is 0.564. The Kier molecular flexibility index (Phi) is 6.00. The number of aromatic amines is 1. The molecular formula is C16H10F4N4O2S. The van der Waals surface area contributed by atoms with Crippen LogP contribution in [0.4, 0.5) is 23.4 Å². The van der Waals surface area contributed by atoms with Gasteiger partial charge in [0.15, 0.2) is 6.61 Å². The number of halogens is 4. The first-order valence-electron chi connectivity index (χ1n) is 7.11. The SMILES string of the molecule is N#Cc1c(N)[nH]c(=S)c(C#N)c1-c1ccc(OC(F)(F)COC(F)F)cc1. The molecule has 3 N–H and O–H groups in total. The molecule has 0 spiro atoms. The maximum Gasteiger partial charge on any atom is 0.422 e. The molecule has 0 radical (unpaired) electrons. The summed E-state index contributed by atoms with van der Waals surface area (Å²) in [5.41, 5.74) is 6.10. The van der Waals surface area contributed by atoms with E-state index < -0.39 is 19.3 Å². The minimum atomic E-state index is -3.98. The van der Waals surface area contributed by atoms with Gasteiger partial charge in [-0.25, -0.2) is 0 Å². The number of nitriles is 2. The number of anilines is 1. The highest BCUT2D eigenvalue weighted by atomic mass is 32.1. The summed E-state index contributed by atoms with van der Waals surface area (Å²) in [6, 6.07) is 8.54. The van der Waals surface area contributed by atoms with Gasteiger partial charge in [-0.1, -0.05) is 24.4 Å². The van der Waals surface area contributed by atoms with E-state index in [1.54, 1.807) is 0 Å². The number of nitrogens with zero attached hydrogens (tertiary/aromatic N) is 2. The lowest BCUT2D eigenvalue weighted by atomic mass is 9.97. The Hall–Kier alpha value is -3.15. The molecule has 0 fully saturated rings. The predicted molar refractivity (Wildman–Crippen MR) is 88.4 cm³/mol. The fraction of sp³-hybridized carbons (Fsp3) is 0.188.